The lowest BCUT2D eigenvalue weighted by atomic mass is 10.1. The topological polar surface area (TPSA) is 99.9 Å². The van der Waals surface area contributed by atoms with E-state index in [1.165, 1.54) is 17.8 Å². The summed E-state index contributed by atoms with van der Waals surface area (Å²) in [6.07, 6.45) is 1.61. The van der Waals surface area contributed by atoms with E-state index in [2.05, 4.69) is 15.2 Å². The number of furan rings is 1. The average molecular weight is 393 g/mol. The molecule has 3 heterocycles. The van der Waals surface area contributed by atoms with E-state index in [-0.39, 0.29) is 5.69 Å². The second-order valence-electron chi connectivity index (χ2n) is 6.00. The molecule has 140 valence electrons. The van der Waals surface area contributed by atoms with Crippen molar-refractivity contribution in [2.24, 2.45) is 7.05 Å². The predicted molar refractivity (Wildman–Crippen MR) is 104 cm³/mol. The molecule has 0 radical (unpaired) electrons. The summed E-state index contributed by atoms with van der Waals surface area (Å²) in [5.74, 6) is 1.44. The molecule has 1 aromatic carbocycles. The smallest absolute Gasteiger partial charge is 0.295 e. The van der Waals surface area contributed by atoms with E-state index in [1.807, 2.05) is 42.8 Å². The van der Waals surface area contributed by atoms with Crippen LogP contribution in [0.5, 0.6) is 0 Å². The van der Waals surface area contributed by atoms with Crippen molar-refractivity contribution in [3.8, 4) is 22.6 Å². The van der Waals surface area contributed by atoms with Crippen LogP contribution in [0.3, 0.4) is 0 Å². The van der Waals surface area contributed by atoms with Crippen molar-refractivity contribution in [2.45, 2.75) is 17.1 Å². The monoisotopic (exact) mass is 393 g/mol. The Morgan fingerprint density at radius 1 is 1.11 bits per heavy atom. The largest absolute Gasteiger partial charge is 0.469 e. The quantitative estimate of drug-likeness (QED) is 0.363. The molecule has 0 aliphatic carbocycles. The highest BCUT2D eigenvalue weighted by atomic mass is 32.2. The summed E-state index contributed by atoms with van der Waals surface area (Å²) in [4.78, 5) is 15.5. The Morgan fingerprint density at radius 2 is 1.89 bits per heavy atom. The molecule has 0 aliphatic heterocycles. The van der Waals surface area contributed by atoms with E-state index >= 15 is 0 Å². The van der Waals surface area contributed by atoms with Crippen LogP contribution in [0.15, 0.2) is 69.4 Å². The molecule has 0 aliphatic rings. The van der Waals surface area contributed by atoms with Crippen LogP contribution < -0.4 is 0 Å². The molecule has 4 rings (SSSR count). The summed E-state index contributed by atoms with van der Waals surface area (Å²) in [6.45, 7) is 1.86. The van der Waals surface area contributed by atoms with E-state index in [0.29, 0.717) is 27.3 Å². The molecule has 8 nitrogen and oxygen atoms in total. The molecule has 0 saturated carbocycles. The number of hydrogen-bond acceptors (Lipinski definition) is 7. The summed E-state index contributed by atoms with van der Waals surface area (Å²) >= 11 is 1.29. The number of aryl methyl sites for hydroxylation is 1. The van der Waals surface area contributed by atoms with Gasteiger partial charge in [0, 0.05) is 18.7 Å². The predicted octanol–water partition coefficient (Wildman–Crippen LogP) is 4.50. The maximum atomic E-state index is 11.4. The lowest BCUT2D eigenvalue weighted by Crippen LogP contribution is -1.98. The zero-order valence-corrected chi connectivity index (χ0v) is 15.9. The number of rotatable bonds is 5. The average Bonchev–Trinajstić information content (AvgIpc) is 3.28. The second-order valence-corrected chi connectivity index (χ2v) is 6.99. The molecule has 28 heavy (non-hydrogen) atoms. The van der Waals surface area contributed by atoms with Crippen LogP contribution >= 0.6 is 11.8 Å². The van der Waals surface area contributed by atoms with Crippen molar-refractivity contribution in [2.75, 3.05) is 0 Å². The standard InChI is InChI=1S/C19H15N5O3S/c1-12-14(10-11-27-12)18-21-22-19(23(18)2)28-16-9-8-15(24(25)26)17(20-16)13-6-4-3-5-7-13/h3-11H,1-2H3. The van der Waals surface area contributed by atoms with Crippen LogP contribution in [0.1, 0.15) is 5.76 Å². The number of nitro groups is 1. The van der Waals surface area contributed by atoms with E-state index in [0.717, 1.165) is 11.3 Å². The third kappa shape index (κ3) is 3.27. The van der Waals surface area contributed by atoms with Crippen LogP contribution in [-0.4, -0.2) is 24.7 Å². The minimum Gasteiger partial charge on any atom is -0.469 e. The van der Waals surface area contributed by atoms with E-state index in [4.69, 9.17) is 4.42 Å². The third-order valence-corrected chi connectivity index (χ3v) is 5.20. The molecule has 3 aromatic heterocycles. The molecule has 9 heteroatoms. The van der Waals surface area contributed by atoms with Gasteiger partial charge in [-0.05, 0) is 30.8 Å². The molecule has 4 aromatic rings. The van der Waals surface area contributed by atoms with E-state index < -0.39 is 4.92 Å². The van der Waals surface area contributed by atoms with Crippen LogP contribution in [-0.2, 0) is 7.05 Å². The fourth-order valence-electron chi connectivity index (χ4n) is 2.80. The fourth-order valence-corrected chi connectivity index (χ4v) is 3.56. The zero-order valence-electron chi connectivity index (χ0n) is 15.1. The van der Waals surface area contributed by atoms with Gasteiger partial charge in [-0.2, -0.15) is 0 Å². The number of hydrogen-bond donors (Lipinski definition) is 0. The molecular weight excluding hydrogens is 378 g/mol. The van der Waals surface area contributed by atoms with Gasteiger partial charge in [0.2, 0.25) is 0 Å². The SMILES string of the molecule is Cc1occc1-c1nnc(Sc2ccc([N+](=O)[O-])c(-c3ccccc3)n2)n1C. The molecule has 0 saturated heterocycles. The van der Waals surface area contributed by atoms with Gasteiger partial charge in [0.05, 0.1) is 16.7 Å². The first kappa shape index (κ1) is 17.9. The molecule has 0 fully saturated rings. The second kappa shape index (κ2) is 7.28. The van der Waals surface area contributed by atoms with Crippen LogP contribution in [0, 0.1) is 17.0 Å². The Hall–Kier alpha value is -3.46. The highest BCUT2D eigenvalue weighted by molar-refractivity contribution is 7.99. The highest BCUT2D eigenvalue weighted by Crippen LogP contribution is 2.34. The van der Waals surface area contributed by atoms with Gasteiger partial charge in [0.25, 0.3) is 5.69 Å². The summed E-state index contributed by atoms with van der Waals surface area (Å²) in [7, 11) is 1.85. The van der Waals surface area contributed by atoms with Gasteiger partial charge in [-0.1, -0.05) is 30.3 Å². The third-order valence-electron chi connectivity index (χ3n) is 4.22. The molecule has 0 spiro atoms. The first-order valence-corrected chi connectivity index (χ1v) is 9.19. The lowest BCUT2D eigenvalue weighted by molar-refractivity contribution is -0.384. The minimum absolute atomic E-state index is 0.0387. The van der Waals surface area contributed by atoms with Gasteiger partial charge in [0.15, 0.2) is 11.0 Å². The molecule has 0 atom stereocenters. The zero-order chi connectivity index (χ0) is 19.7. The summed E-state index contributed by atoms with van der Waals surface area (Å²) in [5, 5.41) is 21.1. The maximum absolute atomic E-state index is 11.4. The van der Waals surface area contributed by atoms with Gasteiger partial charge in [-0.3, -0.25) is 10.1 Å². The summed E-state index contributed by atoms with van der Waals surface area (Å²) < 4.78 is 7.18. The first-order valence-electron chi connectivity index (χ1n) is 8.37. The Morgan fingerprint density at radius 3 is 2.57 bits per heavy atom. The Kier molecular flexibility index (Phi) is 4.66. The van der Waals surface area contributed by atoms with Crippen LogP contribution in [0.4, 0.5) is 5.69 Å². The first-order chi connectivity index (χ1) is 13.5. The summed E-state index contributed by atoms with van der Waals surface area (Å²) in [5.41, 5.74) is 1.83. The highest BCUT2D eigenvalue weighted by Gasteiger charge is 2.20. The number of pyridine rings is 1. The van der Waals surface area contributed by atoms with Crippen molar-refractivity contribution < 1.29 is 9.34 Å². The molecule has 0 amide bonds. The van der Waals surface area contributed by atoms with Crippen LogP contribution in [0.2, 0.25) is 0 Å². The molecule has 0 N–H and O–H groups in total. The van der Waals surface area contributed by atoms with Gasteiger partial charge in [0.1, 0.15) is 16.5 Å². The molecule has 0 unspecified atom stereocenters. The lowest BCUT2D eigenvalue weighted by Gasteiger charge is -2.06. The van der Waals surface area contributed by atoms with Crippen molar-refractivity contribution in [3.63, 3.8) is 0 Å². The molecule has 0 bridgehead atoms. The van der Waals surface area contributed by atoms with E-state index in [9.17, 15) is 10.1 Å². The van der Waals surface area contributed by atoms with Crippen molar-refractivity contribution >= 4 is 17.4 Å². The van der Waals surface area contributed by atoms with Gasteiger partial charge in [-0.25, -0.2) is 4.98 Å². The number of benzene rings is 1. The molecular formula is C19H15N5O3S. The van der Waals surface area contributed by atoms with Gasteiger partial charge in [-0.15, -0.1) is 10.2 Å². The van der Waals surface area contributed by atoms with Crippen LogP contribution in [0.25, 0.3) is 22.6 Å². The normalized spacial score (nSPS) is 10.9. The fraction of sp³-hybridized carbons (Fsp3) is 0.105. The Bertz CT molecular complexity index is 1150. The van der Waals surface area contributed by atoms with Gasteiger partial charge >= 0.3 is 0 Å². The van der Waals surface area contributed by atoms with Crippen molar-refractivity contribution in [1.29, 1.82) is 0 Å². The Balaban J connectivity index is 1.71. The van der Waals surface area contributed by atoms with Crippen molar-refractivity contribution in [1.82, 2.24) is 19.7 Å². The number of aromatic nitrogens is 4. The van der Waals surface area contributed by atoms with E-state index in [1.54, 1.807) is 24.5 Å². The summed E-state index contributed by atoms with van der Waals surface area (Å²) in [6, 6.07) is 14.0. The maximum Gasteiger partial charge on any atom is 0.295 e. The minimum atomic E-state index is -0.425. The Labute approximate surface area is 164 Å². The van der Waals surface area contributed by atoms with Crippen molar-refractivity contribution in [3.05, 3.63) is 70.7 Å². The number of nitrogens with zero attached hydrogens (tertiary/aromatic N) is 5. The van der Waals surface area contributed by atoms with Gasteiger partial charge < -0.3 is 8.98 Å².